The predicted molar refractivity (Wildman–Crippen MR) is 71.2 cm³/mol. The SMILES string of the molecule is NC(CCCCNC1OC(CO)C(O)C(O)C1O)C(=O)O. The molecule has 1 heterocycles. The van der Waals surface area contributed by atoms with Crippen LogP contribution < -0.4 is 11.1 Å². The van der Waals surface area contributed by atoms with Crippen molar-refractivity contribution in [3.63, 3.8) is 0 Å². The summed E-state index contributed by atoms with van der Waals surface area (Å²) in [5.74, 6) is -1.04. The van der Waals surface area contributed by atoms with Crippen molar-refractivity contribution in [3.05, 3.63) is 0 Å². The lowest BCUT2D eigenvalue weighted by atomic mass is 9.98. The van der Waals surface area contributed by atoms with Crippen LogP contribution in [-0.4, -0.2) is 81.3 Å². The average molecular weight is 308 g/mol. The number of hydrogen-bond acceptors (Lipinski definition) is 8. The van der Waals surface area contributed by atoms with Crippen LogP contribution >= 0.6 is 0 Å². The van der Waals surface area contributed by atoms with E-state index in [2.05, 4.69) is 5.32 Å². The molecule has 0 aromatic carbocycles. The van der Waals surface area contributed by atoms with E-state index in [-0.39, 0.29) is 0 Å². The second-order valence-electron chi connectivity index (χ2n) is 5.14. The first-order valence-electron chi connectivity index (χ1n) is 6.90. The molecule has 1 fully saturated rings. The largest absolute Gasteiger partial charge is 0.480 e. The molecule has 0 aromatic heterocycles. The summed E-state index contributed by atoms with van der Waals surface area (Å²) in [4.78, 5) is 10.5. The number of nitrogens with one attached hydrogen (secondary N) is 1. The molecule has 6 atom stereocenters. The minimum atomic E-state index is -1.41. The van der Waals surface area contributed by atoms with Gasteiger partial charge in [0.15, 0.2) is 0 Å². The Bertz CT molecular complexity index is 329. The molecule has 1 rings (SSSR count). The molecule has 6 unspecified atom stereocenters. The highest BCUT2D eigenvalue weighted by Crippen LogP contribution is 2.19. The molecule has 0 bridgehead atoms. The predicted octanol–water partition coefficient (Wildman–Crippen LogP) is -3.04. The monoisotopic (exact) mass is 308 g/mol. The molecular formula is C12H24N2O7. The number of unbranched alkanes of at least 4 members (excludes halogenated alkanes) is 1. The number of ether oxygens (including phenoxy) is 1. The Balaban J connectivity index is 2.29. The average Bonchev–Trinajstić information content (AvgIpc) is 2.46. The maximum Gasteiger partial charge on any atom is 0.320 e. The molecule has 8 N–H and O–H groups in total. The second-order valence-corrected chi connectivity index (χ2v) is 5.14. The van der Waals surface area contributed by atoms with Crippen molar-refractivity contribution < 1.29 is 35.1 Å². The van der Waals surface area contributed by atoms with E-state index in [1.165, 1.54) is 0 Å². The maximum atomic E-state index is 10.5. The molecular weight excluding hydrogens is 284 g/mol. The third-order valence-electron chi connectivity index (χ3n) is 3.50. The Morgan fingerprint density at radius 3 is 2.43 bits per heavy atom. The Morgan fingerprint density at radius 1 is 1.19 bits per heavy atom. The van der Waals surface area contributed by atoms with Gasteiger partial charge in [0, 0.05) is 0 Å². The van der Waals surface area contributed by atoms with Gasteiger partial charge in [-0.1, -0.05) is 6.42 Å². The normalized spacial score (nSPS) is 34.6. The van der Waals surface area contributed by atoms with Crippen LogP contribution in [0.1, 0.15) is 19.3 Å². The van der Waals surface area contributed by atoms with Crippen LogP contribution in [0.3, 0.4) is 0 Å². The van der Waals surface area contributed by atoms with E-state index in [9.17, 15) is 20.1 Å². The molecule has 0 amide bonds. The van der Waals surface area contributed by atoms with Crippen LogP contribution in [0.5, 0.6) is 0 Å². The lowest BCUT2D eigenvalue weighted by Crippen LogP contribution is -2.62. The molecule has 9 nitrogen and oxygen atoms in total. The van der Waals surface area contributed by atoms with Gasteiger partial charge in [-0.25, -0.2) is 0 Å². The molecule has 1 aliphatic heterocycles. The summed E-state index contributed by atoms with van der Waals surface area (Å²) in [5.41, 5.74) is 5.36. The molecule has 0 aromatic rings. The van der Waals surface area contributed by atoms with Gasteiger partial charge in [0.1, 0.15) is 36.7 Å². The summed E-state index contributed by atoms with van der Waals surface area (Å²) in [5, 5.41) is 49.5. The smallest absolute Gasteiger partial charge is 0.320 e. The van der Waals surface area contributed by atoms with E-state index in [0.29, 0.717) is 25.8 Å². The van der Waals surface area contributed by atoms with Gasteiger partial charge in [0.05, 0.1) is 6.61 Å². The number of rotatable bonds is 8. The first kappa shape index (κ1) is 18.2. The van der Waals surface area contributed by atoms with Crippen LogP contribution in [0.25, 0.3) is 0 Å². The van der Waals surface area contributed by atoms with Crippen LogP contribution in [0.15, 0.2) is 0 Å². The zero-order valence-electron chi connectivity index (χ0n) is 11.6. The number of carbonyl (C=O) groups is 1. The number of hydrogen-bond donors (Lipinski definition) is 7. The molecule has 1 aliphatic rings. The first-order chi connectivity index (χ1) is 9.88. The van der Waals surface area contributed by atoms with E-state index in [0.717, 1.165) is 0 Å². The molecule has 0 saturated carbocycles. The van der Waals surface area contributed by atoms with Crippen molar-refractivity contribution in [2.75, 3.05) is 13.2 Å². The van der Waals surface area contributed by atoms with Crippen molar-refractivity contribution in [3.8, 4) is 0 Å². The summed E-state index contributed by atoms with van der Waals surface area (Å²) >= 11 is 0. The van der Waals surface area contributed by atoms with Crippen LogP contribution in [0, 0.1) is 0 Å². The van der Waals surface area contributed by atoms with E-state index >= 15 is 0 Å². The third kappa shape index (κ3) is 5.15. The zero-order valence-corrected chi connectivity index (χ0v) is 11.6. The quantitative estimate of drug-likeness (QED) is 0.231. The van der Waals surface area contributed by atoms with Crippen LogP contribution in [0.2, 0.25) is 0 Å². The number of carboxylic acid groups (broad SMARTS) is 1. The van der Waals surface area contributed by atoms with Crippen molar-refractivity contribution in [2.45, 2.75) is 55.9 Å². The number of carboxylic acids is 1. The van der Waals surface area contributed by atoms with E-state index in [4.69, 9.17) is 20.7 Å². The third-order valence-corrected chi connectivity index (χ3v) is 3.50. The molecule has 9 heteroatoms. The van der Waals surface area contributed by atoms with Gasteiger partial charge in [-0.05, 0) is 19.4 Å². The molecule has 1 saturated heterocycles. The molecule has 124 valence electrons. The molecule has 0 aliphatic carbocycles. The Hall–Kier alpha value is -0.810. The summed E-state index contributed by atoms with van der Waals surface area (Å²) in [7, 11) is 0. The van der Waals surface area contributed by atoms with Gasteiger partial charge >= 0.3 is 5.97 Å². The van der Waals surface area contributed by atoms with Crippen LogP contribution in [-0.2, 0) is 9.53 Å². The van der Waals surface area contributed by atoms with E-state index < -0.39 is 49.3 Å². The standard InChI is InChI=1S/C12H24N2O7/c13-6(12(19)20)3-1-2-4-14-11-10(18)9(17)8(16)7(5-15)21-11/h6-11,14-18H,1-5,13H2,(H,19,20). The van der Waals surface area contributed by atoms with Gasteiger partial charge in [0.25, 0.3) is 0 Å². The highest BCUT2D eigenvalue weighted by atomic mass is 16.6. The fraction of sp³-hybridized carbons (Fsp3) is 0.917. The zero-order chi connectivity index (χ0) is 16.0. The minimum absolute atomic E-state index is 0.339. The highest BCUT2D eigenvalue weighted by molar-refractivity contribution is 5.72. The number of aliphatic hydroxyl groups excluding tert-OH is 4. The Morgan fingerprint density at radius 2 is 1.86 bits per heavy atom. The van der Waals surface area contributed by atoms with E-state index in [1.807, 2.05) is 0 Å². The first-order valence-corrected chi connectivity index (χ1v) is 6.90. The fourth-order valence-corrected chi connectivity index (χ4v) is 2.13. The van der Waals surface area contributed by atoms with Crippen molar-refractivity contribution in [2.24, 2.45) is 5.73 Å². The number of aliphatic carboxylic acids is 1. The summed E-state index contributed by atoms with van der Waals surface area (Å²) < 4.78 is 5.26. The minimum Gasteiger partial charge on any atom is -0.480 e. The highest BCUT2D eigenvalue weighted by Gasteiger charge is 2.42. The molecule has 0 radical (unpaired) electrons. The second kappa shape index (κ2) is 8.59. The lowest BCUT2D eigenvalue weighted by molar-refractivity contribution is -0.236. The van der Waals surface area contributed by atoms with Crippen LogP contribution in [0.4, 0.5) is 0 Å². The molecule has 0 spiro atoms. The topological polar surface area (TPSA) is 166 Å². The van der Waals surface area contributed by atoms with Gasteiger partial charge < -0.3 is 36.0 Å². The van der Waals surface area contributed by atoms with Crippen molar-refractivity contribution in [1.82, 2.24) is 5.32 Å². The van der Waals surface area contributed by atoms with Crippen molar-refractivity contribution in [1.29, 1.82) is 0 Å². The van der Waals surface area contributed by atoms with Gasteiger partial charge in [-0.2, -0.15) is 0 Å². The maximum absolute atomic E-state index is 10.5. The van der Waals surface area contributed by atoms with Gasteiger partial charge in [-0.15, -0.1) is 0 Å². The van der Waals surface area contributed by atoms with Crippen molar-refractivity contribution >= 4 is 5.97 Å². The number of aliphatic hydroxyl groups is 4. The summed E-state index contributed by atoms with van der Waals surface area (Å²) in [6, 6.07) is -0.891. The molecule has 21 heavy (non-hydrogen) atoms. The Kier molecular flexibility index (Phi) is 7.46. The van der Waals surface area contributed by atoms with Gasteiger partial charge in [-0.3, -0.25) is 10.1 Å². The Labute approximate surface area is 122 Å². The summed E-state index contributed by atoms with van der Waals surface area (Å²) in [6.45, 7) is -0.0639. The van der Waals surface area contributed by atoms with E-state index in [1.54, 1.807) is 0 Å². The number of nitrogens with two attached hydrogens (primary N) is 1. The lowest BCUT2D eigenvalue weighted by Gasteiger charge is -2.40. The fourth-order valence-electron chi connectivity index (χ4n) is 2.13. The summed E-state index contributed by atoms with van der Waals surface area (Å²) in [6.07, 6.45) is -4.43. The van der Waals surface area contributed by atoms with Gasteiger partial charge in [0.2, 0.25) is 0 Å².